The maximum Gasteiger partial charge on any atom is 0.316 e. The molecule has 3 N–H and O–H groups in total. The van der Waals surface area contributed by atoms with Crippen molar-refractivity contribution in [3.8, 4) is 28.3 Å². The van der Waals surface area contributed by atoms with Crippen LogP contribution in [-0.4, -0.2) is 66.9 Å². The number of likely N-dealkylation sites (tertiary alicyclic amines) is 1. The highest BCUT2D eigenvalue weighted by atomic mass is 16.5. The fraction of sp³-hybridized carbons (Fsp3) is 0.414. The second-order valence-electron chi connectivity index (χ2n) is 9.66. The van der Waals surface area contributed by atoms with Crippen molar-refractivity contribution in [2.45, 2.75) is 32.7 Å². The van der Waals surface area contributed by atoms with E-state index in [1.54, 1.807) is 0 Å². The molecule has 0 aliphatic carbocycles. The summed E-state index contributed by atoms with van der Waals surface area (Å²) in [7, 11) is 0. The highest BCUT2D eigenvalue weighted by Gasteiger charge is 2.25. The SMILES string of the molecule is CCOc1c(CN2CCCCC2)nc(-c2ccc(-c3cccc(NC(N)=O)c3)cc2)nc1N1CCOCC1. The van der Waals surface area contributed by atoms with Crippen molar-refractivity contribution >= 4 is 17.5 Å². The number of benzene rings is 2. The summed E-state index contributed by atoms with van der Waals surface area (Å²) in [4.78, 5) is 26.1. The smallest absolute Gasteiger partial charge is 0.316 e. The van der Waals surface area contributed by atoms with E-state index in [9.17, 15) is 4.79 Å². The maximum atomic E-state index is 11.3. The molecule has 5 rings (SSSR count). The van der Waals surface area contributed by atoms with Crippen molar-refractivity contribution in [2.24, 2.45) is 5.73 Å². The second kappa shape index (κ2) is 12.2. The van der Waals surface area contributed by atoms with E-state index in [1.165, 1.54) is 19.3 Å². The minimum absolute atomic E-state index is 0.561. The number of morpholine rings is 1. The first-order chi connectivity index (χ1) is 18.6. The van der Waals surface area contributed by atoms with Crippen LogP contribution in [0.5, 0.6) is 5.75 Å². The van der Waals surface area contributed by atoms with Crippen LogP contribution in [-0.2, 0) is 11.3 Å². The molecular weight excluding hydrogens is 480 g/mol. The number of piperidine rings is 1. The van der Waals surface area contributed by atoms with Gasteiger partial charge in [0.2, 0.25) is 0 Å². The molecule has 0 radical (unpaired) electrons. The molecule has 3 aromatic rings. The Kier molecular flexibility index (Phi) is 8.35. The van der Waals surface area contributed by atoms with E-state index in [0.29, 0.717) is 31.3 Å². The summed E-state index contributed by atoms with van der Waals surface area (Å²) in [5, 5.41) is 2.63. The Morgan fingerprint density at radius 1 is 0.974 bits per heavy atom. The third-order valence-corrected chi connectivity index (χ3v) is 6.95. The number of nitrogens with one attached hydrogen (secondary N) is 1. The zero-order valence-electron chi connectivity index (χ0n) is 22.0. The Labute approximate surface area is 224 Å². The van der Waals surface area contributed by atoms with E-state index in [2.05, 4.69) is 27.2 Å². The Bertz CT molecular complexity index is 1240. The van der Waals surface area contributed by atoms with Crippen LogP contribution in [0.1, 0.15) is 31.9 Å². The quantitative estimate of drug-likeness (QED) is 0.453. The predicted octanol–water partition coefficient (Wildman–Crippen LogP) is 4.52. The number of anilines is 2. The molecule has 2 aliphatic heterocycles. The van der Waals surface area contributed by atoms with Crippen LogP contribution in [0.2, 0.25) is 0 Å². The number of hydrogen-bond acceptors (Lipinski definition) is 7. The number of amides is 2. The number of carbonyl (C=O) groups is 1. The lowest BCUT2D eigenvalue weighted by molar-refractivity contribution is 0.122. The number of nitrogens with two attached hydrogens (primary N) is 1. The van der Waals surface area contributed by atoms with Gasteiger partial charge in [0.25, 0.3) is 0 Å². The van der Waals surface area contributed by atoms with Crippen molar-refractivity contribution in [1.29, 1.82) is 0 Å². The van der Waals surface area contributed by atoms with Crippen LogP contribution in [0.25, 0.3) is 22.5 Å². The number of carbonyl (C=O) groups excluding carboxylic acids is 1. The van der Waals surface area contributed by atoms with Gasteiger partial charge >= 0.3 is 6.03 Å². The monoisotopic (exact) mass is 516 g/mol. The van der Waals surface area contributed by atoms with Gasteiger partial charge in [-0.15, -0.1) is 0 Å². The molecule has 2 aromatic carbocycles. The molecule has 1 aromatic heterocycles. The number of hydrogen-bond donors (Lipinski definition) is 2. The Morgan fingerprint density at radius 3 is 2.42 bits per heavy atom. The van der Waals surface area contributed by atoms with Crippen molar-refractivity contribution in [2.75, 3.05) is 56.2 Å². The molecule has 0 bridgehead atoms. The molecule has 0 spiro atoms. The summed E-state index contributed by atoms with van der Waals surface area (Å²) in [6.45, 7) is 8.37. The Balaban J connectivity index is 1.50. The Morgan fingerprint density at radius 2 is 1.71 bits per heavy atom. The average Bonchev–Trinajstić information content (AvgIpc) is 2.95. The molecule has 0 unspecified atom stereocenters. The molecule has 0 atom stereocenters. The minimum atomic E-state index is -0.582. The molecular formula is C29H36N6O3. The summed E-state index contributed by atoms with van der Waals surface area (Å²) in [5.74, 6) is 2.33. The van der Waals surface area contributed by atoms with Gasteiger partial charge in [0.1, 0.15) is 5.69 Å². The maximum absolute atomic E-state index is 11.3. The largest absolute Gasteiger partial charge is 0.488 e. The number of nitrogens with zero attached hydrogens (tertiary/aromatic N) is 4. The molecule has 200 valence electrons. The highest BCUT2D eigenvalue weighted by molar-refractivity contribution is 5.88. The zero-order chi connectivity index (χ0) is 26.3. The van der Waals surface area contributed by atoms with E-state index >= 15 is 0 Å². The van der Waals surface area contributed by atoms with E-state index < -0.39 is 6.03 Å². The molecule has 2 aliphatic rings. The summed E-state index contributed by atoms with van der Waals surface area (Å²) >= 11 is 0. The minimum Gasteiger partial charge on any atom is -0.488 e. The lowest BCUT2D eigenvalue weighted by Crippen LogP contribution is -2.37. The number of ether oxygens (including phenoxy) is 2. The molecule has 9 nitrogen and oxygen atoms in total. The number of primary amides is 1. The average molecular weight is 517 g/mol. The predicted molar refractivity (Wildman–Crippen MR) is 149 cm³/mol. The summed E-state index contributed by atoms with van der Waals surface area (Å²) in [5.41, 5.74) is 9.82. The zero-order valence-corrected chi connectivity index (χ0v) is 22.0. The summed E-state index contributed by atoms with van der Waals surface area (Å²) < 4.78 is 11.8. The third-order valence-electron chi connectivity index (χ3n) is 6.95. The van der Waals surface area contributed by atoms with E-state index in [4.69, 9.17) is 25.2 Å². The standard InChI is InChI=1S/C29H36N6O3/c1-2-38-26-25(20-34-13-4-3-5-14-34)32-27(33-28(26)35-15-17-37-18-16-35)22-11-9-21(10-12-22)23-7-6-8-24(19-23)31-29(30)36/h6-12,19H,2-5,13-18,20H2,1H3,(H3,30,31,36). The summed E-state index contributed by atoms with van der Waals surface area (Å²) in [6, 6.07) is 15.2. The number of urea groups is 1. The first-order valence-electron chi connectivity index (χ1n) is 13.5. The van der Waals surface area contributed by atoms with Crippen molar-refractivity contribution in [1.82, 2.24) is 14.9 Å². The molecule has 2 amide bonds. The van der Waals surface area contributed by atoms with Crippen LogP contribution in [0.3, 0.4) is 0 Å². The number of aromatic nitrogens is 2. The normalized spacial score (nSPS) is 16.3. The van der Waals surface area contributed by atoms with E-state index in [0.717, 1.165) is 66.7 Å². The number of rotatable bonds is 8. The first kappa shape index (κ1) is 25.9. The molecule has 2 fully saturated rings. The van der Waals surface area contributed by atoms with E-state index in [1.807, 2.05) is 43.3 Å². The van der Waals surface area contributed by atoms with Crippen LogP contribution in [0.4, 0.5) is 16.3 Å². The Hall–Kier alpha value is -3.69. The van der Waals surface area contributed by atoms with Crippen LogP contribution in [0, 0.1) is 0 Å². The van der Waals surface area contributed by atoms with Gasteiger partial charge in [-0.05, 0) is 56.1 Å². The van der Waals surface area contributed by atoms with Gasteiger partial charge in [-0.1, -0.05) is 42.8 Å². The molecule has 2 saturated heterocycles. The van der Waals surface area contributed by atoms with Gasteiger partial charge in [-0.3, -0.25) is 4.90 Å². The molecule has 0 saturated carbocycles. The fourth-order valence-electron chi connectivity index (χ4n) is 5.06. The van der Waals surface area contributed by atoms with Gasteiger partial charge in [0.05, 0.1) is 19.8 Å². The van der Waals surface area contributed by atoms with Gasteiger partial charge in [-0.25, -0.2) is 14.8 Å². The third kappa shape index (κ3) is 6.23. The topological polar surface area (TPSA) is 106 Å². The van der Waals surface area contributed by atoms with Gasteiger partial charge < -0.3 is 25.4 Å². The van der Waals surface area contributed by atoms with Gasteiger partial charge in [0, 0.05) is 30.9 Å². The molecule has 3 heterocycles. The van der Waals surface area contributed by atoms with Crippen LogP contribution in [0.15, 0.2) is 48.5 Å². The van der Waals surface area contributed by atoms with Crippen LogP contribution >= 0.6 is 0 Å². The van der Waals surface area contributed by atoms with Crippen molar-refractivity contribution < 1.29 is 14.3 Å². The van der Waals surface area contributed by atoms with Crippen molar-refractivity contribution in [3.05, 3.63) is 54.2 Å². The first-order valence-corrected chi connectivity index (χ1v) is 13.5. The second-order valence-corrected chi connectivity index (χ2v) is 9.66. The fourth-order valence-corrected chi connectivity index (χ4v) is 5.06. The molecule has 9 heteroatoms. The van der Waals surface area contributed by atoms with Gasteiger partial charge in [-0.2, -0.15) is 0 Å². The van der Waals surface area contributed by atoms with Gasteiger partial charge in [0.15, 0.2) is 17.4 Å². The molecule has 38 heavy (non-hydrogen) atoms. The highest BCUT2D eigenvalue weighted by Crippen LogP contribution is 2.34. The van der Waals surface area contributed by atoms with Crippen LogP contribution < -0.4 is 20.7 Å². The lowest BCUT2D eigenvalue weighted by Gasteiger charge is -2.31. The summed E-state index contributed by atoms with van der Waals surface area (Å²) in [6.07, 6.45) is 3.72. The van der Waals surface area contributed by atoms with E-state index in [-0.39, 0.29) is 0 Å². The van der Waals surface area contributed by atoms with Crippen molar-refractivity contribution in [3.63, 3.8) is 0 Å². The lowest BCUT2D eigenvalue weighted by atomic mass is 10.0.